The normalized spacial score (nSPS) is 10.2. The summed E-state index contributed by atoms with van der Waals surface area (Å²) in [6, 6.07) is 6.95. The molecule has 0 aromatic heterocycles. The highest BCUT2D eigenvalue weighted by atomic mass is 19.1. The van der Waals surface area contributed by atoms with Gasteiger partial charge in [0.2, 0.25) is 0 Å². The van der Waals surface area contributed by atoms with E-state index in [2.05, 4.69) is 5.32 Å². The number of hydrogen-bond donors (Lipinski definition) is 1. The number of nitrogens with zero attached hydrogens (tertiary/aromatic N) is 1. The zero-order chi connectivity index (χ0) is 15.6. The smallest absolute Gasteiger partial charge is 0.295 e. The first kappa shape index (κ1) is 14.6. The minimum absolute atomic E-state index is 0.202. The summed E-state index contributed by atoms with van der Waals surface area (Å²) in [5.74, 6) is -2.35. The third kappa shape index (κ3) is 3.02. The van der Waals surface area contributed by atoms with Gasteiger partial charge in [-0.3, -0.25) is 14.9 Å². The topological polar surface area (TPSA) is 72.2 Å². The summed E-state index contributed by atoms with van der Waals surface area (Å²) in [7, 11) is 0. The number of nitro groups is 1. The molecule has 1 N–H and O–H groups in total. The van der Waals surface area contributed by atoms with Crippen molar-refractivity contribution in [1.29, 1.82) is 0 Å². The van der Waals surface area contributed by atoms with Crippen molar-refractivity contribution in [2.24, 2.45) is 0 Å². The Hall–Kier alpha value is -2.83. The number of hydrogen-bond acceptors (Lipinski definition) is 3. The Kier molecular flexibility index (Phi) is 3.93. The van der Waals surface area contributed by atoms with E-state index in [0.717, 1.165) is 12.1 Å². The number of amides is 1. The zero-order valence-electron chi connectivity index (χ0n) is 10.9. The molecule has 7 heteroatoms. The van der Waals surface area contributed by atoms with Gasteiger partial charge in [-0.25, -0.2) is 8.78 Å². The highest BCUT2D eigenvalue weighted by molar-refractivity contribution is 6.05. The van der Waals surface area contributed by atoms with Gasteiger partial charge in [-0.2, -0.15) is 0 Å². The second kappa shape index (κ2) is 5.66. The van der Waals surface area contributed by atoms with Gasteiger partial charge in [0.1, 0.15) is 17.3 Å². The molecule has 0 fully saturated rings. The Morgan fingerprint density at radius 1 is 1.24 bits per heavy atom. The molecule has 1 amide bonds. The third-order valence-corrected chi connectivity index (χ3v) is 2.84. The van der Waals surface area contributed by atoms with Crippen LogP contribution in [0.25, 0.3) is 0 Å². The van der Waals surface area contributed by atoms with Crippen LogP contribution in [-0.2, 0) is 0 Å². The molecular weight excluding hydrogens is 282 g/mol. The summed E-state index contributed by atoms with van der Waals surface area (Å²) < 4.78 is 26.8. The first-order valence-electron chi connectivity index (χ1n) is 5.90. The van der Waals surface area contributed by atoms with E-state index in [4.69, 9.17) is 0 Å². The fourth-order valence-electron chi connectivity index (χ4n) is 1.77. The van der Waals surface area contributed by atoms with Crippen LogP contribution in [0.15, 0.2) is 36.4 Å². The molecule has 0 aliphatic heterocycles. The molecule has 0 saturated heterocycles. The minimum Gasteiger partial charge on any atom is -0.316 e. The van der Waals surface area contributed by atoms with Crippen molar-refractivity contribution in [1.82, 2.24) is 0 Å². The summed E-state index contributed by atoms with van der Waals surface area (Å²) in [5, 5.41) is 13.0. The largest absolute Gasteiger partial charge is 0.316 e. The van der Waals surface area contributed by atoms with Crippen LogP contribution < -0.4 is 5.32 Å². The van der Waals surface area contributed by atoms with Gasteiger partial charge in [-0.15, -0.1) is 0 Å². The monoisotopic (exact) mass is 292 g/mol. The Morgan fingerprint density at radius 3 is 2.62 bits per heavy atom. The summed E-state index contributed by atoms with van der Waals surface area (Å²) in [6.45, 7) is 1.49. The highest BCUT2D eigenvalue weighted by Gasteiger charge is 2.19. The van der Waals surface area contributed by atoms with E-state index in [1.165, 1.54) is 25.1 Å². The number of carbonyl (C=O) groups excluding carboxylic acids is 1. The lowest BCUT2D eigenvalue weighted by molar-refractivity contribution is -0.384. The van der Waals surface area contributed by atoms with E-state index in [1.54, 1.807) is 0 Å². The van der Waals surface area contributed by atoms with Gasteiger partial charge >= 0.3 is 0 Å². The van der Waals surface area contributed by atoms with Crippen LogP contribution in [0.1, 0.15) is 15.9 Å². The summed E-state index contributed by atoms with van der Waals surface area (Å²) >= 11 is 0. The number of nitro benzene ring substituents is 1. The highest BCUT2D eigenvalue weighted by Crippen LogP contribution is 2.26. The van der Waals surface area contributed by atoms with E-state index in [9.17, 15) is 23.7 Å². The predicted octanol–water partition coefficient (Wildman–Crippen LogP) is 3.43. The lowest BCUT2D eigenvalue weighted by atomic mass is 10.1. The Morgan fingerprint density at radius 2 is 1.95 bits per heavy atom. The zero-order valence-corrected chi connectivity index (χ0v) is 10.9. The molecule has 0 aliphatic carbocycles. The molecule has 0 atom stereocenters. The van der Waals surface area contributed by atoms with Crippen molar-refractivity contribution < 1.29 is 18.5 Å². The summed E-state index contributed by atoms with van der Waals surface area (Å²) in [4.78, 5) is 22.0. The van der Waals surface area contributed by atoms with E-state index in [1.807, 2.05) is 0 Å². The maximum Gasteiger partial charge on any atom is 0.295 e. The molecule has 0 spiro atoms. The Balaban J connectivity index is 2.36. The van der Waals surface area contributed by atoms with Gasteiger partial charge in [0, 0.05) is 0 Å². The number of halogens is 2. The Bertz CT molecular complexity index is 732. The van der Waals surface area contributed by atoms with Crippen molar-refractivity contribution in [3.63, 3.8) is 0 Å². The molecule has 2 aromatic carbocycles. The number of benzene rings is 2. The summed E-state index contributed by atoms with van der Waals surface area (Å²) in [5.41, 5.74) is -0.770. The standard InChI is InChI=1S/C14H10F2N2O3/c1-8-3-2-4-10(13(8)16)14(19)17-11-6-5-9(15)7-12(11)18(20)21/h2-7H,1H3,(H,17,19). The van der Waals surface area contributed by atoms with Crippen molar-refractivity contribution in [2.75, 3.05) is 5.32 Å². The van der Waals surface area contributed by atoms with E-state index in [0.29, 0.717) is 6.07 Å². The van der Waals surface area contributed by atoms with Crippen molar-refractivity contribution >= 4 is 17.3 Å². The number of anilines is 1. The lowest BCUT2D eigenvalue weighted by Crippen LogP contribution is -2.15. The quantitative estimate of drug-likeness (QED) is 0.695. The molecule has 0 aliphatic rings. The van der Waals surface area contributed by atoms with Crippen LogP contribution in [-0.4, -0.2) is 10.8 Å². The Labute approximate surface area is 118 Å². The van der Waals surface area contributed by atoms with E-state index >= 15 is 0 Å². The van der Waals surface area contributed by atoms with Gasteiger partial charge in [0.25, 0.3) is 11.6 Å². The van der Waals surface area contributed by atoms with Gasteiger partial charge in [-0.05, 0) is 30.7 Å². The number of aryl methyl sites for hydroxylation is 1. The molecule has 21 heavy (non-hydrogen) atoms. The number of nitrogens with one attached hydrogen (secondary N) is 1. The fourth-order valence-corrected chi connectivity index (χ4v) is 1.77. The molecular formula is C14H10F2N2O3. The molecule has 0 bridgehead atoms. The van der Waals surface area contributed by atoms with Crippen LogP contribution in [0.2, 0.25) is 0 Å². The summed E-state index contributed by atoms with van der Waals surface area (Å²) in [6.07, 6.45) is 0. The first-order valence-corrected chi connectivity index (χ1v) is 5.90. The van der Waals surface area contributed by atoms with E-state index < -0.39 is 28.2 Å². The average Bonchev–Trinajstić information content (AvgIpc) is 2.43. The predicted molar refractivity (Wildman–Crippen MR) is 72.1 cm³/mol. The lowest BCUT2D eigenvalue weighted by Gasteiger charge is -2.08. The molecule has 5 nitrogen and oxygen atoms in total. The van der Waals surface area contributed by atoms with Crippen molar-refractivity contribution in [3.05, 3.63) is 69.3 Å². The second-order valence-electron chi connectivity index (χ2n) is 4.31. The van der Waals surface area contributed by atoms with Gasteiger partial charge in [0.15, 0.2) is 0 Å². The molecule has 2 rings (SSSR count). The molecule has 108 valence electrons. The molecule has 0 unspecified atom stereocenters. The third-order valence-electron chi connectivity index (χ3n) is 2.84. The SMILES string of the molecule is Cc1cccc(C(=O)Nc2ccc(F)cc2[N+](=O)[O-])c1F. The van der Waals surface area contributed by atoms with Crippen molar-refractivity contribution in [2.45, 2.75) is 6.92 Å². The average molecular weight is 292 g/mol. The van der Waals surface area contributed by atoms with Crippen LogP contribution in [0, 0.1) is 28.7 Å². The molecule has 0 saturated carbocycles. The van der Waals surface area contributed by atoms with E-state index in [-0.39, 0.29) is 16.8 Å². The fraction of sp³-hybridized carbons (Fsp3) is 0.0714. The maximum absolute atomic E-state index is 13.8. The first-order chi connectivity index (χ1) is 9.90. The number of carbonyl (C=O) groups is 1. The minimum atomic E-state index is -0.842. The molecule has 0 radical (unpaired) electrons. The molecule has 0 heterocycles. The van der Waals surface area contributed by atoms with Crippen LogP contribution in [0.5, 0.6) is 0 Å². The van der Waals surface area contributed by atoms with Gasteiger partial charge in [0.05, 0.1) is 16.6 Å². The van der Waals surface area contributed by atoms with Gasteiger partial charge in [-0.1, -0.05) is 12.1 Å². The van der Waals surface area contributed by atoms with Crippen LogP contribution in [0.4, 0.5) is 20.2 Å². The maximum atomic E-state index is 13.8. The van der Waals surface area contributed by atoms with Crippen molar-refractivity contribution in [3.8, 4) is 0 Å². The van der Waals surface area contributed by atoms with Crippen LogP contribution in [0.3, 0.4) is 0 Å². The molecule has 2 aromatic rings. The second-order valence-corrected chi connectivity index (χ2v) is 4.31. The van der Waals surface area contributed by atoms with Crippen LogP contribution >= 0.6 is 0 Å². The van der Waals surface area contributed by atoms with Gasteiger partial charge < -0.3 is 5.32 Å². The number of rotatable bonds is 3.